The lowest BCUT2D eigenvalue weighted by Crippen LogP contribution is -2.35. The highest BCUT2D eigenvalue weighted by molar-refractivity contribution is 6.03. The topological polar surface area (TPSA) is 122 Å². The SMILES string of the molecule is Cn1c(=O)c(C(=O)NCC(=O)O)c(O)c2cc(-c3ccncc3)ccc21. The van der Waals surface area contributed by atoms with Gasteiger partial charge in [0.2, 0.25) is 0 Å². The first-order chi connectivity index (χ1) is 12.4. The summed E-state index contributed by atoms with van der Waals surface area (Å²) in [6, 6.07) is 8.71. The maximum absolute atomic E-state index is 12.4. The second-order valence-corrected chi connectivity index (χ2v) is 5.63. The zero-order valence-electron chi connectivity index (χ0n) is 13.8. The number of hydrogen-bond acceptors (Lipinski definition) is 5. The Morgan fingerprint density at radius 3 is 2.50 bits per heavy atom. The van der Waals surface area contributed by atoms with E-state index in [9.17, 15) is 19.5 Å². The quantitative estimate of drug-likeness (QED) is 0.646. The van der Waals surface area contributed by atoms with E-state index in [1.54, 1.807) is 42.7 Å². The van der Waals surface area contributed by atoms with Crippen molar-refractivity contribution in [3.63, 3.8) is 0 Å². The molecule has 2 aromatic heterocycles. The molecule has 0 spiro atoms. The molecule has 0 fully saturated rings. The largest absolute Gasteiger partial charge is 0.506 e. The molecule has 0 aliphatic heterocycles. The molecule has 0 bridgehead atoms. The second kappa shape index (κ2) is 6.67. The summed E-state index contributed by atoms with van der Waals surface area (Å²) < 4.78 is 1.24. The molecule has 26 heavy (non-hydrogen) atoms. The molecular formula is C18H15N3O5. The number of amides is 1. The normalized spacial score (nSPS) is 10.7. The fraction of sp³-hybridized carbons (Fsp3) is 0.111. The monoisotopic (exact) mass is 353 g/mol. The number of carbonyl (C=O) groups excluding carboxylic acids is 1. The molecule has 0 aliphatic carbocycles. The lowest BCUT2D eigenvalue weighted by Gasteiger charge is -2.13. The average Bonchev–Trinajstić information content (AvgIpc) is 2.65. The number of nitrogens with zero attached hydrogens (tertiary/aromatic N) is 2. The number of aromatic hydroxyl groups is 1. The van der Waals surface area contributed by atoms with E-state index in [-0.39, 0.29) is 0 Å². The number of fused-ring (bicyclic) bond motifs is 1. The van der Waals surface area contributed by atoms with Gasteiger partial charge in [0.05, 0.1) is 5.52 Å². The van der Waals surface area contributed by atoms with Crippen LogP contribution in [-0.4, -0.2) is 38.2 Å². The van der Waals surface area contributed by atoms with Gasteiger partial charge in [0.15, 0.2) is 0 Å². The van der Waals surface area contributed by atoms with E-state index in [2.05, 4.69) is 10.3 Å². The number of aromatic nitrogens is 2. The van der Waals surface area contributed by atoms with Gasteiger partial charge in [-0.25, -0.2) is 0 Å². The van der Waals surface area contributed by atoms with Crippen molar-refractivity contribution < 1.29 is 19.8 Å². The molecule has 3 rings (SSSR count). The van der Waals surface area contributed by atoms with Gasteiger partial charge < -0.3 is 20.1 Å². The van der Waals surface area contributed by atoms with Crippen LogP contribution in [0, 0.1) is 0 Å². The Balaban J connectivity index is 2.19. The third kappa shape index (κ3) is 3.00. The summed E-state index contributed by atoms with van der Waals surface area (Å²) in [5, 5.41) is 21.6. The third-order valence-corrected chi connectivity index (χ3v) is 4.01. The first-order valence-corrected chi connectivity index (χ1v) is 7.66. The summed E-state index contributed by atoms with van der Waals surface area (Å²) in [4.78, 5) is 39.2. The Morgan fingerprint density at radius 2 is 1.85 bits per heavy atom. The molecule has 1 amide bonds. The molecule has 3 aromatic rings. The van der Waals surface area contributed by atoms with Crippen LogP contribution in [0.2, 0.25) is 0 Å². The zero-order valence-corrected chi connectivity index (χ0v) is 13.8. The number of carboxylic acids is 1. The van der Waals surface area contributed by atoms with Gasteiger partial charge in [-0.2, -0.15) is 0 Å². The van der Waals surface area contributed by atoms with Gasteiger partial charge in [0.25, 0.3) is 11.5 Å². The summed E-state index contributed by atoms with van der Waals surface area (Å²) in [6.07, 6.45) is 3.26. The van der Waals surface area contributed by atoms with Crippen LogP contribution >= 0.6 is 0 Å². The van der Waals surface area contributed by atoms with Gasteiger partial charge in [-0.05, 0) is 35.4 Å². The second-order valence-electron chi connectivity index (χ2n) is 5.63. The fourth-order valence-corrected chi connectivity index (χ4v) is 2.70. The van der Waals surface area contributed by atoms with Crippen molar-refractivity contribution in [1.82, 2.24) is 14.9 Å². The molecule has 132 valence electrons. The third-order valence-electron chi connectivity index (χ3n) is 4.01. The van der Waals surface area contributed by atoms with Crippen LogP contribution < -0.4 is 10.9 Å². The highest BCUT2D eigenvalue weighted by Gasteiger charge is 2.21. The summed E-state index contributed by atoms with van der Waals surface area (Å²) in [5.41, 5.74) is 0.862. The van der Waals surface area contributed by atoms with Crippen molar-refractivity contribution in [1.29, 1.82) is 0 Å². The highest BCUT2D eigenvalue weighted by Crippen LogP contribution is 2.30. The van der Waals surface area contributed by atoms with Crippen LogP contribution in [-0.2, 0) is 11.8 Å². The van der Waals surface area contributed by atoms with Crippen LogP contribution in [0.25, 0.3) is 22.0 Å². The minimum Gasteiger partial charge on any atom is -0.506 e. The Kier molecular flexibility index (Phi) is 4.40. The number of aryl methyl sites for hydroxylation is 1. The first kappa shape index (κ1) is 17.2. The van der Waals surface area contributed by atoms with Crippen molar-refractivity contribution in [2.24, 2.45) is 7.05 Å². The van der Waals surface area contributed by atoms with E-state index in [1.165, 1.54) is 11.6 Å². The van der Waals surface area contributed by atoms with Gasteiger partial charge >= 0.3 is 5.97 Å². The predicted octanol–water partition coefficient (Wildman–Crippen LogP) is 1.12. The van der Waals surface area contributed by atoms with Gasteiger partial charge in [0.1, 0.15) is 17.9 Å². The minimum atomic E-state index is -1.25. The standard InChI is InChI=1S/C18H15N3O5/c1-21-13-3-2-11(10-4-6-19-7-5-10)8-12(13)16(24)15(18(21)26)17(25)20-9-14(22)23/h2-8,24H,9H2,1H3,(H,20,25)(H,22,23). The molecular weight excluding hydrogens is 338 g/mol. The Labute approximate surface area is 147 Å². The van der Waals surface area contributed by atoms with Crippen molar-refractivity contribution >= 4 is 22.8 Å². The molecule has 8 nitrogen and oxygen atoms in total. The molecule has 0 aliphatic rings. The number of nitrogens with one attached hydrogen (secondary N) is 1. The Morgan fingerprint density at radius 1 is 1.15 bits per heavy atom. The molecule has 8 heteroatoms. The minimum absolute atomic E-state index is 0.307. The molecule has 3 N–H and O–H groups in total. The fourth-order valence-electron chi connectivity index (χ4n) is 2.70. The van der Waals surface area contributed by atoms with Crippen molar-refractivity contribution in [3.05, 3.63) is 58.6 Å². The highest BCUT2D eigenvalue weighted by atomic mass is 16.4. The van der Waals surface area contributed by atoms with E-state index in [0.29, 0.717) is 10.9 Å². The van der Waals surface area contributed by atoms with E-state index in [4.69, 9.17) is 5.11 Å². The van der Waals surface area contributed by atoms with Crippen LogP contribution in [0.5, 0.6) is 5.75 Å². The molecule has 1 aromatic carbocycles. The number of rotatable bonds is 4. The number of carbonyl (C=O) groups is 2. The smallest absolute Gasteiger partial charge is 0.322 e. The van der Waals surface area contributed by atoms with Crippen LogP contribution in [0.1, 0.15) is 10.4 Å². The number of hydrogen-bond donors (Lipinski definition) is 3. The van der Waals surface area contributed by atoms with Gasteiger partial charge in [-0.15, -0.1) is 0 Å². The molecule has 0 saturated carbocycles. The van der Waals surface area contributed by atoms with Gasteiger partial charge in [0, 0.05) is 24.8 Å². The van der Waals surface area contributed by atoms with E-state index in [0.717, 1.165) is 11.1 Å². The zero-order chi connectivity index (χ0) is 18.8. The van der Waals surface area contributed by atoms with Crippen molar-refractivity contribution in [3.8, 4) is 16.9 Å². The number of carboxylic acid groups (broad SMARTS) is 1. The van der Waals surface area contributed by atoms with Gasteiger partial charge in [-0.1, -0.05) is 6.07 Å². The first-order valence-electron chi connectivity index (χ1n) is 7.66. The van der Waals surface area contributed by atoms with Crippen LogP contribution in [0.4, 0.5) is 0 Å². The number of aliphatic carboxylic acids is 1. The lowest BCUT2D eigenvalue weighted by molar-refractivity contribution is -0.135. The Bertz CT molecular complexity index is 1070. The van der Waals surface area contributed by atoms with Crippen LogP contribution in [0.3, 0.4) is 0 Å². The van der Waals surface area contributed by atoms with E-state index < -0.39 is 35.3 Å². The maximum atomic E-state index is 12.4. The van der Waals surface area contributed by atoms with Gasteiger partial charge in [-0.3, -0.25) is 19.4 Å². The van der Waals surface area contributed by atoms with Crippen LogP contribution in [0.15, 0.2) is 47.5 Å². The summed E-state index contributed by atoms with van der Waals surface area (Å²) >= 11 is 0. The van der Waals surface area contributed by atoms with Crippen molar-refractivity contribution in [2.75, 3.05) is 6.54 Å². The maximum Gasteiger partial charge on any atom is 0.322 e. The molecule has 2 heterocycles. The van der Waals surface area contributed by atoms with E-state index >= 15 is 0 Å². The van der Waals surface area contributed by atoms with E-state index in [1.807, 2.05) is 0 Å². The molecule has 0 radical (unpaired) electrons. The summed E-state index contributed by atoms with van der Waals surface area (Å²) in [6.45, 7) is -0.656. The molecule has 0 unspecified atom stereocenters. The summed E-state index contributed by atoms with van der Waals surface area (Å²) in [5.74, 6) is -2.68. The number of pyridine rings is 2. The predicted molar refractivity (Wildman–Crippen MR) is 94.1 cm³/mol. The Hall–Kier alpha value is -3.68. The summed E-state index contributed by atoms with van der Waals surface area (Å²) in [7, 11) is 1.48. The lowest BCUT2D eigenvalue weighted by atomic mass is 10.0. The molecule has 0 atom stereocenters. The van der Waals surface area contributed by atoms with Crippen molar-refractivity contribution in [2.45, 2.75) is 0 Å². The number of benzene rings is 1. The average molecular weight is 353 g/mol. The molecule has 0 saturated heterocycles.